The lowest BCUT2D eigenvalue weighted by Gasteiger charge is -2.13. The molecule has 8 heteroatoms. The number of rotatable bonds is 6. The molecule has 0 spiro atoms. The van der Waals surface area contributed by atoms with Crippen LogP contribution in [-0.4, -0.2) is 37.1 Å². The van der Waals surface area contributed by atoms with Crippen LogP contribution < -0.4 is 20.3 Å². The number of halogens is 1. The third kappa shape index (κ3) is 4.69. The smallest absolute Gasteiger partial charge is 0.274 e. The van der Waals surface area contributed by atoms with Crippen LogP contribution in [0.5, 0.6) is 5.75 Å². The SMILES string of the molecule is COc1ccc(NC(=O)c2ccnc(Nc3ccc(N(C)C)cc3)n2)cc1Cl. The predicted molar refractivity (Wildman–Crippen MR) is 112 cm³/mol. The molecule has 3 rings (SSSR count). The number of nitrogens with zero attached hydrogens (tertiary/aromatic N) is 3. The number of benzene rings is 2. The van der Waals surface area contributed by atoms with Gasteiger partial charge in [-0.2, -0.15) is 0 Å². The molecule has 2 N–H and O–H groups in total. The zero-order valence-corrected chi connectivity index (χ0v) is 16.5. The molecule has 3 aromatic rings. The van der Waals surface area contributed by atoms with Gasteiger partial charge in [0.05, 0.1) is 12.1 Å². The fraction of sp³-hybridized carbons (Fsp3) is 0.150. The molecule has 28 heavy (non-hydrogen) atoms. The van der Waals surface area contributed by atoms with Gasteiger partial charge < -0.3 is 20.3 Å². The molecule has 1 heterocycles. The number of ether oxygens (including phenoxy) is 1. The van der Waals surface area contributed by atoms with Crippen molar-refractivity contribution in [3.63, 3.8) is 0 Å². The molecule has 2 aromatic carbocycles. The molecular formula is C20H20ClN5O2. The Balaban J connectivity index is 1.71. The highest BCUT2D eigenvalue weighted by Crippen LogP contribution is 2.27. The molecule has 1 amide bonds. The Kier molecular flexibility index (Phi) is 5.96. The van der Waals surface area contributed by atoms with E-state index in [4.69, 9.17) is 16.3 Å². The fourth-order valence-electron chi connectivity index (χ4n) is 2.46. The minimum absolute atomic E-state index is 0.231. The summed E-state index contributed by atoms with van der Waals surface area (Å²) in [5.74, 6) is 0.501. The topological polar surface area (TPSA) is 79.4 Å². The number of hydrogen-bond donors (Lipinski definition) is 2. The normalized spacial score (nSPS) is 10.3. The van der Waals surface area contributed by atoms with Gasteiger partial charge >= 0.3 is 0 Å². The number of amides is 1. The molecule has 7 nitrogen and oxygen atoms in total. The van der Waals surface area contributed by atoms with Crippen LogP contribution in [-0.2, 0) is 0 Å². The first-order chi connectivity index (χ1) is 13.5. The van der Waals surface area contributed by atoms with E-state index in [-0.39, 0.29) is 11.6 Å². The Bertz CT molecular complexity index is 977. The summed E-state index contributed by atoms with van der Waals surface area (Å²) in [6, 6.07) is 14.3. The summed E-state index contributed by atoms with van der Waals surface area (Å²) >= 11 is 6.09. The van der Waals surface area contributed by atoms with Crippen molar-refractivity contribution in [3.05, 3.63) is 65.4 Å². The first-order valence-electron chi connectivity index (χ1n) is 8.48. The Morgan fingerprint density at radius 2 is 1.79 bits per heavy atom. The van der Waals surface area contributed by atoms with Gasteiger partial charge in [0, 0.05) is 37.4 Å². The predicted octanol–water partition coefficient (Wildman–Crippen LogP) is 4.20. The van der Waals surface area contributed by atoms with Crippen LogP contribution in [0.25, 0.3) is 0 Å². The van der Waals surface area contributed by atoms with Crippen LogP contribution in [0.3, 0.4) is 0 Å². The quantitative estimate of drug-likeness (QED) is 0.649. The third-order valence-electron chi connectivity index (χ3n) is 3.94. The average Bonchev–Trinajstić information content (AvgIpc) is 2.69. The van der Waals surface area contributed by atoms with E-state index in [0.717, 1.165) is 11.4 Å². The van der Waals surface area contributed by atoms with Crippen LogP contribution in [0.1, 0.15) is 10.5 Å². The van der Waals surface area contributed by atoms with E-state index in [0.29, 0.717) is 22.4 Å². The molecule has 0 aliphatic heterocycles. The van der Waals surface area contributed by atoms with Gasteiger partial charge in [-0.25, -0.2) is 9.97 Å². The Hall–Kier alpha value is -3.32. The highest BCUT2D eigenvalue weighted by atomic mass is 35.5. The van der Waals surface area contributed by atoms with Gasteiger partial charge in [0.15, 0.2) is 0 Å². The second kappa shape index (κ2) is 8.58. The Morgan fingerprint density at radius 3 is 2.43 bits per heavy atom. The Morgan fingerprint density at radius 1 is 1.07 bits per heavy atom. The second-order valence-corrected chi connectivity index (χ2v) is 6.54. The summed E-state index contributed by atoms with van der Waals surface area (Å²) in [5.41, 5.74) is 2.68. The van der Waals surface area contributed by atoms with Crippen LogP contribution in [0.4, 0.5) is 23.0 Å². The summed E-state index contributed by atoms with van der Waals surface area (Å²) in [7, 11) is 5.48. The average molecular weight is 398 g/mol. The van der Waals surface area contributed by atoms with Crippen molar-refractivity contribution in [2.45, 2.75) is 0 Å². The highest BCUT2D eigenvalue weighted by molar-refractivity contribution is 6.32. The van der Waals surface area contributed by atoms with E-state index in [1.807, 2.05) is 43.3 Å². The number of nitrogens with one attached hydrogen (secondary N) is 2. The number of carbonyl (C=O) groups is 1. The maximum absolute atomic E-state index is 12.5. The lowest BCUT2D eigenvalue weighted by Crippen LogP contribution is -2.14. The van der Waals surface area contributed by atoms with E-state index in [1.54, 1.807) is 24.3 Å². The molecule has 0 unspecified atom stereocenters. The zero-order chi connectivity index (χ0) is 20.1. The molecule has 0 fully saturated rings. The molecule has 0 saturated carbocycles. The highest BCUT2D eigenvalue weighted by Gasteiger charge is 2.11. The molecule has 0 bridgehead atoms. The number of aromatic nitrogens is 2. The van der Waals surface area contributed by atoms with Crippen LogP contribution >= 0.6 is 11.6 Å². The van der Waals surface area contributed by atoms with Gasteiger partial charge in [-0.1, -0.05) is 11.6 Å². The maximum Gasteiger partial charge on any atom is 0.274 e. The standard InChI is InChI=1S/C20H20ClN5O2/c1-26(2)15-7-4-13(5-8-15)24-20-22-11-10-17(25-20)19(27)23-14-6-9-18(28-3)16(21)12-14/h4-12H,1-3H3,(H,23,27)(H,22,24,25). The van der Waals surface area contributed by atoms with Gasteiger partial charge in [-0.05, 0) is 48.5 Å². The molecule has 1 aromatic heterocycles. The molecular weight excluding hydrogens is 378 g/mol. The van der Waals surface area contributed by atoms with Gasteiger partial charge in [-0.3, -0.25) is 4.79 Å². The first-order valence-corrected chi connectivity index (χ1v) is 8.86. The maximum atomic E-state index is 12.5. The molecule has 0 aliphatic carbocycles. The van der Waals surface area contributed by atoms with Crippen LogP contribution in [0.2, 0.25) is 5.02 Å². The van der Waals surface area contributed by atoms with Crippen molar-refractivity contribution in [1.82, 2.24) is 9.97 Å². The van der Waals surface area contributed by atoms with Crippen molar-refractivity contribution in [1.29, 1.82) is 0 Å². The third-order valence-corrected chi connectivity index (χ3v) is 4.23. The van der Waals surface area contributed by atoms with E-state index in [9.17, 15) is 4.79 Å². The van der Waals surface area contributed by atoms with Crippen molar-refractivity contribution < 1.29 is 9.53 Å². The lowest BCUT2D eigenvalue weighted by atomic mass is 10.2. The largest absolute Gasteiger partial charge is 0.495 e. The summed E-state index contributed by atoms with van der Waals surface area (Å²) in [4.78, 5) is 22.9. The minimum Gasteiger partial charge on any atom is -0.495 e. The first kappa shape index (κ1) is 19.4. The van der Waals surface area contributed by atoms with E-state index >= 15 is 0 Å². The summed E-state index contributed by atoms with van der Waals surface area (Å²) in [6.45, 7) is 0. The zero-order valence-electron chi connectivity index (χ0n) is 15.7. The van der Waals surface area contributed by atoms with Crippen molar-refractivity contribution >= 4 is 40.5 Å². The lowest BCUT2D eigenvalue weighted by molar-refractivity contribution is 0.102. The van der Waals surface area contributed by atoms with E-state index in [2.05, 4.69) is 20.6 Å². The number of anilines is 4. The van der Waals surface area contributed by atoms with E-state index in [1.165, 1.54) is 13.3 Å². The summed E-state index contributed by atoms with van der Waals surface area (Å²) in [6.07, 6.45) is 1.53. The molecule has 144 valence electrons. The summed E-state index contributed by atoms with van der Waals surface area (Å²) in [5, 5.41) is 6.26. The fourth-order valence-corrected chi connectivity index (χ4v) is 2.71. The second-order valence-electron chi connectivity index (χ2n) is 6.14. The number of hydrogen-bond acceptors (Lipinski definition) is 6. The van der Waals surface area contributed by atoms with E-state index < -0.39 is 0 Å². The van der Waals surface area contributed by atoms with Crippen molar-refractivity contribution in [2.24, 2.45) is 0 Å². The van der Waals surface area contributed by atoms with Crippen LogP contribution in [0.15, 0.2) is 54.7 Å². The number of methoxy groups -OCH3 is 1. The molecule has 0 radical (unpaired) electrons. The van der Waals surface area contributed by atoms with Crippen molar-refractivity contribution in [3.8, 4) is 5.75 Å². The van der Waals surface area contributed by atoms with Crippen LogP contribution in [0, 0.1) is 0 Å². The van der Waals surface area contributed by atoms with Crippen molar-refractivity contribution in [2.75, 3.05) is 36.7 Å². The van der Waals surface area contributed by atoms with Gasteiger partial charge in [0.25, 0.3) is 5.91 Å². The molecule has 0 aliphatic rings. The monoisotopic (exact) mass is 397 g/mol. The molecule has 0 atom stereocenters. The molecule has 0 saturated heterocycles. The Labute approximate surface area is 168 Å². The van der Waals surface area contributed by atoms with Gasteiger partial charge in [0.1, 0.15) is 11.4 Å². The summed E-state index contributed by atoms with van der Waals surface area (Å²) < 4.78 is 5.11. The van der Waals surface area contributed by atoms with Gasteiger partial charge in [0.2, 0.25) is 5.95 Å². The number of carbonyl (C=O) groups excluding carboxylic acids is 1. The van der Waals surface area contributed by atoms with Gasteiger partial charge in [-0.15, -0.1) is 0 Å². The minimum atomic E-state index is -0.366.